The van der Waals surface area contributed by atoms with Gasteiger partial charge in [0.05, 0.1) is 5.69 Å². The number of nitrogens with zero attached hydrogens (tertiary/aromatic N) is 2. The second-order valence-corrected chi connectivity index (χ2v) is 6.85. The van der Waals surface area contributed by atoms with Crippen molar-refractivity contribution in [1.82, 2.24) is 20.3 Å². The van der Waals surface area contributed by atoms with Crippen molar-refractivity contribution in [3.05, 3.63) is 77.7 Å². The van der Waals surface area contributed by atoms with Gasteiger partial charge in [0.1, 0.15) is 11.6 Å². The molecule has 140 valence electrons. The summed E-state index contributed by atoms with van der Waals surface area (Å²) in [7, 11) is 0. The predicted octanol–water partition coefficient (Wildman–Crippen LogP) is 4.66. The number of hydrogen-bond acceptors (Lipinski definition) is 4. The molecule has 0 aliphatic rings. The molecule has 0 radical (unpaired) electrons. The number of rotatable bonds is 5. The Morgan fingerprint density at radius 1 is 1.14 bits per heavy atom. The fourth-order valence-corrected chi connectivity index (χ4v) is 3.40. The minimum absolute atomic E-state index is 0.325. The van der Waals surface area contributed by atoms with Gasteiger partial charge in [0.25, 0.3) is 0 Å². The molecule has 2 heterocycles. The maximum Gasteiger partial charge on any atom is 0.321 e. The van der Waals surface area contributed by atoms with E-state index in [9.17, 15) is 9.18 Å². The molecule has 0 bridgehead atoms. The van der Waals surface area contributed by atoms with Crippen LogP contribution in [0.25, 0.3) is 22.6 Å². The Hall–Kier alpha value is -3.52. The van der Waals surface area contributed by atoms with Gasteiger partial charge < -0.3 is 10.3 Å². The van der Waals surface area contributed by atoms with Gasteiger partial charge in [-0.15, -0.1) is 11.3 Å². The number of carbonyl (C=O) groups is 1. The number of carbonyl (C=O) groups excluding carboxylic acids is 1. The number of thiazole rings is 1. The molecule has 0 aliphatic carbocycles. The van der Waals surface area contributed by atoms with Gasteiger partial charge in [-0.25, -0.2) is 19.2 Å². The molecule has 2 aromatic heterocycles. The zero-order valence-corrected chi connectivity index (χ0v) is 15.5. The van der Waals surface area contributed by atoms with Crippen molar-refractivity contribution in [2.75, 3.05) is 5.32 Å². The number of halogens is 1. The van der Waals surface area contributed by atoms with Crippen LogP contribution in [0.3, 0.4) is 0 Å². The van der Waals surface area contributed by atoms with Crippen LogP contribution in [-0.4, -0.2) is 21.0 Å². The van der Waals surface area contributed by atoms with Crippen LogP contribution >= 0.6 is 11.3 Å². The average Bonchev–Trinajstić information content (AvgIpc) is 3.39. The average molecular weight is 393 g/mol. The van der Waals surface area contributed by atoms with Crippen molar-refractivity contribution >= 4 is 22.5 Å². The Balaban J connectivity index is 1.36. The number of hydrogen-bond donors (Lipinski definition) is 3. The van der Waals surface area contributed by atoms with Gasteiger partial charge in [0.2, 0.25) is 0 Å². The van der Waals surface area contributed by atoms with E-state index in [1.54, 1.807) is 29.9 Å². The highest BCUT2D eigenvalue weighted by Crippen LogP contribution is 2.25. The minimum Gasteiger partial charge on any atom is -0.345 e. The van der Waals surface area contributed by atoms with Crippen LogP contribution in [0, 0.1) is 5.82 Å². The fourth-order valence-electron chi connectivity index (χ4n) is 2.69. The van der Waals surface area contributed by atoms with Crippen molar-refractivity contribution in [3.63, 3.8) is 0 Å². The Morgan fingerprint density at radius 2 is 2.00 bits per heavy atom. The lowest BCUT2D eigenvalue weighted by Gasteiger charge is -2.07. The first-order chi connectivity index (χ1) is 13.7. The van der Waals surface area contributed by atoms with E-state index in [-0.39, 0.29) is 11.8 Å². The Morgan fingerprint density at radius 3 is 2.82 bits per heavy atom. The fraction of sp³-hybridized carbons (Fsp3) is 0.0500. The van der Waals surface area contributed by atoms with Crippen molar-refractivity contribution < 1.29 is 9.18 Å². The monoisotopic (exact) mass is 393 g/mol. The third-order valence-corrected chi connectivity index (χ3v) is 4.75. The maximum absolute atomic E-state index is 13.3. The van der Waals surface area contributed by atoms with Crippen molar-refractivity contribution in [2.24, 2.45) is 0 Å². The lowest BCUT2D eigenvalue weighted by atomic mass is 10.1. The summed E-state index contributed by atoms with van der Waals surface area (Å²) in [6.45, 7) is 0.364. The second kappa shape index (κ2) is 8.01. The number of urea groups is 1. The first kappa shape index (κ1) is 17.9. The number of anilines is 1. The summed E-state index contributed by atoms with van der Waals surface area (Å²) in [6, 6.07) is 13.6. The van der Waals surface area contributed by atoms with Gasteiger partial charge in [0.15, 0.2) is 5.13 Å². The molecule has 0 saturated heterocycles. The van der Waals surface area contributed by atoms with Gasteiger partial charge in [-0.05, 0) is 23.8 Å². The third-order valence-electron chi connectivity index (χ3n) is 4.00. The quantitative estimate of drug-likeness (QED) is 0.461. The molecule has 0 fully saturated rings. The van der Waals surface area contributed by atoms with Crippen LogP contribution < -0.4 is 10.6 Å². The third kappa shape index (κ3) is 4.24. The van der Waals surface area contributed by atoms with E-state index < -0.39 is 0 Å². The van der Waals surface area contributed by atoms with E-state index in [4.69, 9.17) is 0 Å². The Bertz CT molecular complexity index is 1090. The molecular weight excluding hydrogens is 377 g/mol. The van der Waals surface area contributed by atoms with Crippen LogP contribution in [0.2, 0.25) is 0 Å². The molecular formula is C20H16FN5OS. The highest BCUT2D eigenvalue weighted by molar-refractivity contribution is 7.14. The summed E-state index contributed by atoms with van der Waals surface area (Å²) in [4.78, 5) is 23.8. The van der Waals surface area contributed by atoms with Gasteiger partial charge in [0, 0.05) is 35.4 Å². The molecule has 0 unspecified atom stereocenters. The van der Waals surface area contributed by atoms with Gasteiger partial charge in [-0.1, -0.05) is 30.3 Å². The standard InChI is InChI=1S/C20H16FN5OS/c21-16-6-2-4-14(10-16)17-12-28-20(25-17)26-19(27)24-11-13-3-1-5-15(9-13)18-22-7-8-23-18/h1-10,12H,11H2,(H,22,23)(H2,24,25,26,27). The molecule has 0 saturated carbocycles. The van der Waals surface area contributed by atoms with Crippen molar-refractivity contribution in [1.29, 1.82) is 0 Å². The Labute approximate surface area is 164 Å². The zero-order chi connectivity index (χ0) is 19.3. The number of imidazole rings is 1. The van der Waals surface area contributed by atoms with Crippen molar-refractivity contribution in [2.45, 2.75) is 6.54 Å². The second-order valence-electron chi connectivity index (χ2n) is 5.99. The molecule has 6 nitrogen and oxygen atoms in total. The van der Waals surface area contributed by atoms with E-state index in [0.29, 0.717) is 22.9 Å². The summed E-state index contributed by atoms with van der Waals surface area (Å²) >= 11 is 1.28. The maximum atomic E-state index is 13.3. The molecule has 8 heteroatoms. The molecule has 28 heavy (non-hydrogen) atoms. The number of amides is 2. The summed E-state index contributed by atoms with van der Waals surface area (Å²) < 4.78 is 13.3. The van der Waals surface area contributed by atoms with Crippen LogP contribution in [0.1, 0.15) is 5.56 Å². The molecule has 0 aliphatic heterocycles. The van der Waals surface area contributed by atoms with E-state index >= 15 is 0 Å². The normalized spacial score (nSPS) is 10.6. The van der Waals surface area contributed by atoms with Gasteiger partial charge in [-0.2, -0.15) is 0 Å². The molecule has 4 aromatic rings. The largest absolute Gasteiger partial charge is 0.345 e. The first-order valence-electron chi connectivity index (χ1n) is 8.52. The Kier molecular flexibility index (Phi) is 5.11. The van der Waals surface area contributed by atoms with E-state index in [2.05, 4.69) is 25.6 Å². The highest BCUT2D eigenvalue weighted by atomic mass is 32.1. The molecule has 2 amide bonds. The summed E-state index contributed by atoms with van der Waals surface area (Å²) in [5.74, 6) is 0.452. The molecule has 3 N–H and O–H groups in total. The number of aromatic nitrogens is 3. The summed E-state index contributed by atoms with van der Waals surface area (Å²) in [5, 5.41) is 7.73. The van der Waals surface area contributed by atoms with E-state index in [0.717, 1.165) is 17.0 Å². The number of H-pyrrole nitrogens is 1. The number of nitrogens with one attached hydrogen (secondary N) is 3. The number of aromatic amines is 1. The lowest BCUT2D eigenvalue weighted by Crippen LogP contribution is -2.28. The van der Waals surface area contributed by atoms with Crippen LogP contribution in [-0.2, 0) is 6.54 Å². The topological polar surface area (TPSA) is 82.7 Å². The van der Waals surface area contributed by atoms with Gasteiger partial charge in [-0.3, -0.25) is 5.32 Å². The molecule has 2 aromatic carbocycles. The SMILES string of the molecule is O=C(NCc1cccc(-c2ncc[nH]2)c1)Nc1nc(-c2cccc(F)c2)cs1. The summed E-state index contributed by atoms with van der Waals surface area (Å²) in [5.41, 5.74) is 3.18. The van der Waals surface area contributed by atoms with Gasteiger partial charge >= 0.3 is 6.03 Å². The first-order valence-corrected chi connectivity index (χ1v) is 9.40. The predicted molar refractivity (Wildman–Crippen MR) is 107 cm³/mol. The highest BCUT2D eigenvalue weighted by Gasteiger charge is 2.09. The van der Waals surface area contributed by atoms with Crippen molar-refractivity contribution in [3.8, 4) is 22.6 Å². The molecule has 4 rings (SSSR count). The van der Waals surface area contributed by atoms with E-state index in [1.807, 2.05) is 24.3 Å². The van der Waals surface area contributed by atoms with Crippen LogP contribution in [0.4, 0.5) is 14.3 Å². The van der Waals surface area contributed by atoms with Crippen LogP contribution in [0.15, 0.2) is 66.3 Å². The number of benzene rings is 2. The lowest BCUT2D eigenvalue weighted by molar-refractivity contribution is 0.251. The minimum atomic E-state index is -0.358. The molecule has 0 atom stereocenters. The summed E-state index contributed by atoms with van der Waals surface area (Å²) in [6.07, 6.45) is 3.46. The smallest absolute Gasteiger partial charge is 0.321 e. The zero-order valence-electron chi connectivity index (χ0n) is 14.6. The molecule has 0 spiro atoms. The van der Waals surface area contributed by atoms with Crippen LogP contribution in [0.5, 0.6) is 0 Å². The van der Waals surface area contributed by atoms with E-state index in [1.165, 1.54) is 23.5 Å².